The van der Waals surface area contributed by atoms with Gasteiger partial charge >= 0.3 is 6.09 Å². The fourth-order valence-electron chi connectivity index (χ4n) is 3.37. The van der Waals surface area contributed by atoms with Crippen LogP contribution in [0.4, 0.5) is 4.79 Å². The quantitative estimate of drug-likeness (QED) is 0.527. The van der Waals surface area contributed by atoms with Crippen molar-refractivity contribution in [3.63, 3.8) is 0 Å². The van der Waals surface area contributed by atoms with Crippen LogP contribution in [-0.4, -0.2) is 21.3 Å². The van der Waals surface area contributed by atoms with Gasteiger partial charge in [0.2, 0.25) is 0 Å². The summed E-state index contributed by atoms with van der Waals surface area (Å²) in [7, 11) is 0. The average Bonchev–Trinajstić information content (AvgIpc) is 3.11. The van der Waals surface area contributed by atoms with Crippen LogP contribution in [0.1, 0.15) is 22.9 Å². The number of hydrogen-bond donors (Lipinski definition) is 2. The van der Waals surface area contributed by atoms with Crippen LogP contribution in [0, 0.1) is 6.92 Å². The van der Waals surface area contributed by atoms with Crippen molar-refractivity contribution in [2.45, 2.75) is 19.4 Å². The normalized spacial score (nSPS) is 12.0. The predicted molar refractivity (Wildman–Crippen MR) is 106 cm³/mol. The molecule has 6 nitrogen and oxygen atoms in total. The van der Waals surface area contributed by atoms with Crippen LogP contribution < -0.4 is 5.32 Å². The van der Waals surface area contributed by atoms with Crippen LogP contribution in [0.3, 0.4) is 0 Å². The highest BCUT2D eigenvalue weighted by atomic mass is 16.5. The lowest BCUT2D eigenvalue weighted by Gasteiger charge is -2.20. The molecular formula is C22H19N3O3. The third-order valence-corrected chi connectivity index (χ3v) is 4.66. The minimum absolute atomic E-state index is 0.430. The van der Waals surface area contributed by atoms with Gasteiger partial charge in [0.1, 0.15) is 5.69 Å². The largest absolute Gasteiger partial charge is 0.465 e. The summed E-state index contributed by atoms with van der Waals surface area (Å²) < 4.78 is 5.52. The maximum Gasteiger partial charge on any atom is 0.405 e. The van der Waals surface area contributed by atoms with Crippen molar-refractivity contribution in [3.05, 3.63) is 83.7 Å². The summed E-state index contributed by atoms with van der Waals surface area (Å²) in [6.45, 7) is 2.00. The number of fused-ring (bicyclic) bond motifs is 1. The Labute approximate surface area is 161 Å². The molecule has 2 aromatic heterocycles. The molecule has 2 N–H and O–H groups in total. The molecule has 0 aliphatic heterocycles. The third kappa shape index (κ3) is 3.57. The number of hydrogen-bond acceptors (Lipinski definition) is 4. The second kappa shape index (κ2) is 7.52. The number of rotatable bonds is 5. The molecular weight excluding hydrogens is 354 g/mol. The standard InChI is InChI=1S/C22H19N3O3/c1-14-9-10-18-20(12-14)28-25-21(18)17-8-3-2-7-16(17)19(24-22(26)27)13-15-6-4-5-11-23-15/h2-12,19,24H,13H2,1H3,(H,26,27)/t19-/m0/s1. The Balaban J connectivity index is 1.80. The van der Waals surface area contributed by atoms with Gasteiger partial charge in [-0.25, -0.2) is 4.79 Å². The molecule has 2 heterocycles. The van der Waals surface area contributed by atoms with E-state index in [9.17, 15) is 9.90 Å². The van der Waals surface area contributed by atoms with Crippen molar-refractivity contribution in [2.75, 3.05) is 0 Å². The van der Waals surface area contributed by atoms with Crippen LogP contribution in [-0.2, 0) is 6.42 Å². The Kier molecular flexibility index (Phi) is 4.76. The van der Waals surface area contributed by atoms with Gasteiger partial charge in [0, 0.05) is 29.3 Å². The maximum absolute atomic E-state index is 11.5. The van der Waals surface area contributed by atoms with Crippen molar-refractivity contribution in [2.24, 2.45) is 0 Å². The SMILES string of the molecule is Cc1ccc2c(-c3ccccc3[C@H](Cc3ccccn3)NC(=O)O)noc2c1. The summed E-state index contributed by atoms with van der Waals surface area (Å²) in [5, 5.41) is 17.2. The summed E-state index contributed by atoms with van der Waals surface area (Å²) in [5.74, 6) is 0. The first-order valence-corrected chi connectivity index (χ1v) is 8.96. The van der Waals surface area contributed by atoms with E-state index >= 15 is 0 Å². The van der Waals surface area contributed by atoms with E-state index in [1.807, 2.05) is 67.6 Å². The van der Waals surface area contributed by atoms with Gasteiger partial charge in [-0.3, -0.25) is 4.98 Å². The Morgan fingerprint density at radius 1 is 1.14 bits per heavy atom. The molecule has 0 aliphatic carbocycles. The number of nitrogens with one attached hydrogen (secondary N) is 1. The summed E-state index contributed by atoms with van der Waals surface area (Å²) in [6.07, 6.45) is 1.04. The van der Waals surface area contributed by atoms with E-state index in [0.29, 0.717) is 17.7 Å². The van der Waals surface area contributed by atoms with E-state index in [0.717, 1.165) is 27.8 Å². The lowest BCUT2D eigenvalue weighted by Crippen LogP contribution is -2.29. The van der Waals surface area contributed by atoms with Crippen molar-refractivity contribution < 1.29 is 14.4 Å². The van der Waals surface area contributed by atoms with Crippen LogP contribution in [0.2, 0.25) is 0 Å². The molecule has 2 aromatic carbocycles. The van der Waals surface area contributed by atoms with Gasteiger partial charge in [0.15, 0.2) is 5.58 Å². The molecule has 140 valence electrons. The molecule has 0 unspecified atom stereocenters. The molecule has 0 fully saturated rings. The predicted octanol–water partition coefficient (Wildman–Crippen LogP) is 4.75. The third-order valence-electron chi connectivity index (χ3n) is 4.66. The lowest BCUT2D eigenvalue weighted by molar-refractivity contribution is 0.190. The maximum atomic E-state index is 11.5. The van der Waals surface area contributed by atoms with Gasteiger partial charge in [0.05, 0.1) is 6.04 Å². The van der Waals surface area contributed by atoms with Crippen molar-refractivity contribution >= 4 is 17.1 Å². The molecule has 0 bridgehead atoms. The van der Waals surface area contributed by atoms with E-state index in [1.165, 1.54) is 0 Å². The number of nitrogens with zero attached hydrogens (tertiary/aromatic N) is 2. The highest BCUT2D eigenvalue weighted by Crippen LogP contribution is 2.34. The van der Waals surface area contributed by atoms with E-state index < -0.39 is 12.1 Å². The smallest absolute Gasteiger partial charge is 0.405 e. The van der Waals surface area contributed by atoms with Crippen LogP contribution in [0.5, 0.6) is 0 Å². The Morgan fingerprint density at radius 2 is 1.96 bits per heavy atom. The van der Waals surface area contributed by atoms with Crippen LogP contribution in [0.15, 0.2) is 71.4 Å². The van der Waals surface area contributed by atoms with Gasteiger partial charge in [-0.05, 0) is 42.3 Å². The van der Waals surface area contributed by atoms with E-state index in [2.05, 4.69) is 15.5 Å². The molecule has 6 heteroatoms. The lowest BCUT2D eigenvalue weighted by atomic mass is 9.93. The van der Waals surface area contributed by atoms with Gasteiger partial charge in [-0.2, -0.15) is 0 Å². The minimum Gasteiger partial charge on any atom is -0.465 e. The Hall–Kier alpha value is -3.67. The number of aromatic nitrogens is 2. The van der Waals surface area contributed by atoms with E-state index in [1.54, 1.807) is 6.20 Å². The Morgan fingerprint density at radius 3 is 2.75 bits per heavy atom. The molecule has 1 atom stereocenters. The zero-order valence-electron chi connectivity index (χ0n) is 15.3. The number of pyridine rings is 1. The first-order valence-electron chi connectivity index (χ1n) is 8.96. The number of carbonyl (C=O) groups is 1. The Bertz CT molecular complexity index is 1120. The molecule has 0 saturated carbocycles. The molecule has 0 aliphatic rings. The first-order chi connectivity index (χ1) is 13.6. The molecule has 0 radical (unpaired) electrons. The second-order valence-corrected chi connectivity index (χ2v) is 6.65. The van der Waals surface area contributed by atoms with Crippen molar-refractivity contribution in [3.8, 4) is 11.3 Å². The fraction of sp³-hybridized carbons (Fsp3) is 0.136. The molecule has 4 aromatic rings. The molecule has 0 saturated heterocycles. The van der Waals surface area contributed by atoms with Gasteiger partial charge < -0.3 is 14.9 Å². The fourth-order valence-corrected chi connectivity index (χ4v) is 3.37. The van der Waals surface area contributed by atoms with Crippen LogP contribution >= 0.6 is 0 Å². The number of amides is 1. The van der Waals surface area contributed by atoms with Gasteiger partial charge in [-0.15, -0.1) is 0 Å². The number of carboxylic acid groups (broad SMARTS) is 1. The van der Waals surface area contributed by atoms with Gasteiger partial charge in [0.25, 0.3) is 0 Å². The topological polar surface area (TPSA) is 88.2 Å². The summed E-state index contributed by atoms with van der Waals surface area (Å²) in [6, 6.07) is 18.7. The monoisotopic (exact) mass is 373 g/mol. The zero-order valence-corrected chi connectivity index (χ0v) is 15.3. The highest BCUT2D eigenvalue weighted by Gasteiger charge is 2.22. The molecule has 1 amide bonds. The summed E-state index contributed by atoms with van der Waals surface area (Å²) in [5.41, 5.74) is 4.95. The number of benzene rings is 2. The zero-order chi connectivity index (χ0) is 19.5. The van der Waals surface area contributed by atoms with Crippen molar-refractivity contribution in [1.29, 1.82) is 0 Å². The van der Waals surface area contributed by atoms with E-state index in [4.69, 9.17) is 4.52 Å². The highest BCUT2D eigenvalue weighted by molar-refractivity contribution is 5.92. The van der Waals surface area contributed by atoms with Gasteiger partial charge in [-0.1, -0.05) is 41.6 Å². The van der Waals surface area contributed by atoms with Crippen LogP contribution in [0.25, 0.3) is 22.2 Å². The molecule has 0 spiro atoms. The van der Waals surface area contributed by atoms with E-state index in [-0.39, 0.29) is 0 Å². The summed E-state index contributed by atoms with van der Waals surface area (Å²) >= 11 is 0. The molecule has 4 rings (SSSR count). The minimum atomic E-state index is -1.09. The molecule has 28 heavy (non-hydrogen) atoms. The van der Waals surface area contributed by atoms with Crippen molar-refractivity contribution in [1.82, 2.24) is 15.5 Å². The number of aryl methyl sites for hydroxylation is 1. The first kappa shape index (κ1) is 17.7. The average molecular weight is 373 g/mol. The second-order valence-electron chi connectivity index (χ2n) is 6.65. The summed E-state index contributed by atoms with van der Waals surface area (Å²) in [4.78, 5) is 15.8.